The van der Waals surface area contributed by atoms with Crippen molar-refractivity contribution in [3.8, 4) is 0 Å². The van der Waals surface area contributed by atoms with Crippen LogP contribution in [0.5, 0.6) is 0 Å². The first-order valence-electron chi connectivity index (χ1n) is 8.57. The Kier molecular flexibility index (Phi) is 9.06. The molecule has 0 bridgehead atoms. The van der Waals surface area contributed by atoms with Crippen LogP contribution in [0.1, 0.15) is 23.5 Å². The lowest BCUT2D eigenvalue weighted by atomic mass is 9.96. The molecule has 2 aromatic heterocycles. The van der Waals surface area contributed by atoms with E-state index in [2.05, 4.69) is 46.9 Å². The summed E-state index contributed by atoms with van der Waals surface area (Å²) in [5, 5.41) is 13.7. The Morgan fingerprint density at radius 3 is 1.86 bits per heavy atom. The summed E-state index contributed by atoms with van der Waals surface area (Å²) in [7, 11) is 0. The lowest BCUT2D eigenvalue weighted by molar-refractivity contribution is -0.238. The number of nitrogens with two attached hydrogens (primary N) is 2. The highest BCUT2D eigenvalue weighted by Crippen LogP contribution is 2.30. The monoisotopic (exact) mass is 515 g/mol. The van der Waals surface area contributed by atoms with E-state index in [1.54, 1.807) is 0 Å². The molecule has 5 N–H and O–H groups in total. The van der Waals surface area contributed by atoms with Crippen molar-refractivity contribution in [2.45, 2.75) is 12.1 Å². The van der Waals surface area contributed by atoms with E-state index in [-0.39, 0.29) is 18.1 Å². The number of aromatic nitrogens is 2. The van der Waals surface area contributed by atoms with Crippen molar-refractivity contribution in [3.05, 3.63) is 63.1 Å². The van der Waals surface area contributed by atoms with Crippen LogP contribution in [0.2, 0.25) is 0 Å². The Labute approximate surface area is 180 Å². The van der Waals surface area contributed by atoms with Gasteiger partial charge in [-0.05, 0) is 61.2 Å². The maximum atomic E-state index is 9.80. The molecule has 10 heteroatoms. The molecule has 28 heavy (non-hydrogen) atoms. The van der Waals surface area contributed by atoms with Gasteiger partial charge in [0, 0.05) is 11.8 Å². The topological polar surface area (TPSA) is 136 Å². The highest BCUT2D eigenvalue weighted by atomic mass is 79.9. The molecule has 2 unspecified atom stereocenters. The first-order valence-corrected chi connectivity index (χ1v) is 10.2. The Hall–Kier alpha value is -1.30. The number of aliphatic hydroxyl groups is 1. The van der Waals surface area contributed by atoms with Gasteiger partial charge in [0.15, 0.2) is 6.04 Å². The fourth-order valence-corrected chi connectivity index (χ4v) is 3.45. The smallest absolute Gasteiger partial charge is 0.161 e. The van der Waals surface area contributed by atoms with Gasteiger partial charge in [0.05, 0.1) is 37.8 Å². The highest BCUT2D eigenvalue weighted by molar-refractivity contribution is 9.10. The van der Waals surface area contributed by atoms with Gasteiger partial charge in [-0.1, -0.05) is 12.1 Å². The van der Waals surface area contributed by atoms with Crippen LogP contribution in [0.3, 0.4) is 0 Å². The van der Waals surface area contributed by atoms with Crippen molar-refractivity contribution in [1.82, 2.24) is 9.97 Å². The fourth-order valence-electron chi connectivity index (χ4n) is 2.73. The van der Waals surface area contributed by atoms with Crippen molar-refractivity contribution < 1.29 is 20.1 Å². The Balaban J connectivity index is 0.000000194. The quantitative estimate of drug-likeness (QED) is 0.465. The van der Waals surface area contributed by atoms with E-state index < -0.39 is 6.10 Å². The van der Waals surface area contributed by atoms with Gasteiger partial charge in [0.2, 0.25) is 0 Å². The Morgan fingerprint density at radius 1 is 0.929 bits per heavy atom. The second-order valence-electron chi connectivity index (χ2n) is 6.40. The SMILES string of the molecule is OC(c1cccc(Br)n1)C1COC1.[NH2+]=NC(c1cccc(Br)n1)C1COC1.[NH2-]. The molecule has 0 radical (unpaired) electrons. The van der Waals surface area contributed by atoms with E-state index in [1.807, 2.05) is 36.4 Å². The molecular weight excluding hydrogens is 494 g/mol. The number of nitrogens with zero attached hydrogens (tertiary/aromatic N) is 3. The van der Waals surface area contributed by atoms with E-state index in [0.29, 0.717) is 24.8 Å². The maximum absolute atomic E-state index is 9.80. The largest absolute Gasteiger partial charge is 0.693 e. The van der Waals surface area contributed by atoms with Gasteiger partial charge in [-0.15, -0.1) is 0 Å². The van der Waals surface area contributed by atoms with Gasteiger partial charge >= 0.3 is 0 Å². The lowest BCUT2D eigenvalue weighted by Gasteiger charge is -2.30. The average Bonchev–Trinajstić information content (AvgIpc) is 2.57. The molecule has 4 rings (SSSR count). The van der Waals surface area contributed by atoms with Crippen LogP contribution in [0.15, 0.2) is 50.7 Å². The normalized spacial score (nSPS) is 18.4. The summed E-state index contributed by atoms with van der Waals surface area (Å²) in [4.78, 5) is 8.52. The zero-order valence-corrected chi connectivity index (χ0v) is 18.3. The Bertz CT molecular complexity index is 774. The van der Waals surface area contributed by atoms with Crippen LogP contribution in [0.4, 0.5) is 0 Å². The van der Waals surface area contributed by atoms with Gasteiger partial charge in [0.1, 0.15) is 15.3 Å². The highest BCUT2D eigenvalue weighted by Gasteiger charge is 2.32. The first kappa shape index (κ1) is 23.0. The zero-order chi connectivity index (χ0) is 19.2. The van der Waals surface area contributed by atoms with Gasteiger partial charge in [-0.2, -0.15) is 5.53 Å². The molecule has 8 nitrogen and oxygen atoms in total. The second kappa shape index (κ2) is 11.0. The molecule has 0 aromatic carbocycles. The summed E-state index contributed by atoms with van der Waals surface area (Å²) in [6, 6.07) is 11.3. The maximum Gasteiger partial charge on any atom is 0.161 e. The van der Waals surface area contributed by atoms with Gasteiger partial charge in [-0.25, -0.2) is 9.97 Å². The van der Waals surface area contributed by atoms with E-state index in [9.17, 15) is 5.11 Å². The van der Waals surface area contributed by atoms with Crippen LogP contribution >= 0.6 is 31.9 Å². The van der Waals surface area contributed by atoms with E-state index >= 15 is 0 Å². The molecule has 0 amide bonds. The molecule has 152 valence electrons. The van der Waals surface area contributed by atoms with Crippen LogP contribution in [0, 0.1) is 11.8 Å². The third kappa shape index (κ3) is 5.85. The van der Waals surface area contributed by atoms with Crippen molar-refractivity contribution in [3.63, 3.8) is 0 Å². The molecule has 2 atom stereocenters. The molecule has 0 spiro atoms. The minimum Gasteiger partial charge on any atom is -0.693 e. The molecule has 0 aliphatic carbocycles. The number of hydrogen-bond donors (Lipinski definition) is 2. The zero-order valence-electron chi connectivity index (χ0n) is 15.1. The van der Waals surface area contributed by atoms with Crippen molar-refractivity contribution in [2.75, 3.05) is 26.4 Å². The molecule has 2 saturated heterocycles. The lowest BCUT2D eigenvalue weighted by Crippen LogP contribution is -2.37. The minimum absolute atomic E-state index is 0. The third-order valence-electron chi connectivity index (χ3n) is 4.46. The molecule has 4 heterocycles. The van der Waals surface area contributed by atoms with Crippen LogP contribution in [0.25, 0.3) is 6.15 Å². The second-order valence-corrected chi connectivity index (χ2v) is 8.03. The fraction of sp³-hybridized carbons (Fsp3) is 0.444. The van der Waals surface area contributed by atoms with Crippen molar-refractivity contribution in [2.24, 2.45) is 17.0 Å². The first-order chi connectivity index (χ1) is 13.1. The van der Waals surface area contributed by atoms with Crippen molar-refractivity contribution in [1.29, 1.82) is 0 Å². The molecule has 2 aromatic rings. The molecule has 2 aliphatic rings. The summed E-state index contributed by atoms with van der Waals surface area (Å²) < 4.78 is 11.7. The molecule has 0 saturated carbocycles. The van der Waals surface area contributed by atoms with Gasteiger partial charge in [0.25, 0.3) is 0 Å². The number of pyridine rings is 2. The number of aliphatic hydroxyl groups excluding tert-OH is 1. The number of hydrogen-bond acceptors (Lipinski definition) is 6. The predicted octanol–water partition coefficient (Wildman–Crippen LogP) is 2.98. The third-order valence-corrected chi connectivity index (χ3v) is 5.34. The summed E-state index contributed by atoms with van der Waals surface area (Å²) in [6.45, 7) is 2.71. The molecule has 2 aliphatic heterocycles. The van der Waals surface area contributed by atoms with Crippen LogP contribution in [-0.2, 0) is 9.47 Å². The molecular formula is C18H23Br2N5O3. The van der Waals surface area contributed by atoms with Crippen LogP contribution < -0.4 is 5.53 Å². The van der Waals surface area contributed by atoms with E-state index in [1.165, 1.54) is 0 Å². The van der Waals surface area contributed by atoms with Crippen molar-refractivity contribution >= 4 is 31.9 Å². The standard InChI is InChI=1S/C9H10BrN3O.C9H10BrNO2.H2N/c10-8-3-1-2-7(12-8)9(13-11)6-4-14-5-6;10-8-3-1-2-7(11-8)9(12)6-4-13-5-6;/h1-3,6,9,11H,4-5H2;1-3,6,9,12H,4-5H2;1H2/q;;-1/p+1. The predicted molar refractivity (Wildman–Crippen MR) is 110 cm³/mol. The summed E-state index contributed by atoms with van der Waals surface area (Å²) in [5.74, 6) is 0.587. The molecule has 2 fully saturated rings. The number of halogens is 2. The van der Waals surface area contributed by atoms with E-state index in [0.717, 1.165) is 28.1 Å². The number of rotatable bonds is 5. The average molecular weight is 517 g/mol. The van der Waals surface area contributed by atoms with Gasteiger partial charge in [-0.3, -0.25) is 0 Å². The summed E-state index contributed by atoms with van der Waals surface area (Å²) in [5.41, 5.74) is 6.99. The van der Waals surface area contributed by atoms with Crippen LogP contribution in [-0.4, -0.2) is 41.5 Å². The van der Waals surface area contributed by atoms with E-state index in [4.69, 9.17) is 15.0 Å². The summed E-state index contributed by atoms with van der Waals surface area (Å²) >= 11 is 6.59. The van der Waals surface area contributed by atoms with Gasteiger partial charge < -0.3 is 20.7 Å². The summed E-state index contributed by atoms with van der Waals surface area (Å²) in [6.07, 6.45) is -0.494. The minimum atomic E-state index is -0.494. The Morgan fingerprint density at radius 2 is 1.43 bits per heavy atom. The number of ether oxygens (including phenoxy) is 2.